The van der Waals surface area contributed by atoms with E-state index in [0.717, 1.165) is 10.2 Å². The average Bonchev–Trinajstić information content (AvgIpc) is 2.97. The predicted molar refractivity (Wildman–Crippen MR) is 108 cm³/mol. The summed E-state index contributed by atoms with van der Waals surface area (Å²) in [6, 6.07) is 12.7. The Balaban J connectivity index is 1.76. The number of hydrogen-bond donors (Lipinski definition) is 1. The lowest BCUT2D eigenvalue weighted by Gasteiger charge is -2.16. The minimum absolute atomic E-state index is 0.00338. The van der Waals surface area contributed by atoms with Gasteiger partial charge in [-0.05, 0) is 51.1 Å². The molecule has 27 heavy (non-hydrogen) atoms. The van der Waals surface area contributed by atoms with E-state index in [0.29, 0.717) is 17.2 Å². The first-order valence-electron chi connectivity index (χ1n) is 8.66. The van der Waals surface area contributed by atoms with Gasteiger partial charge in [0.25, 0.3) is 5.91 Å². The molecule has 142 valence electrons. The van der Waals surface area contributed by atoms with Gasteiger partial charge in [-0.1, -0.05) is 23.5 Å². The standard InChI is InChI=1S/C20H22N2O4S/c1-12(2)22-15-10-9-14(11-18(15)27-20(22)24)21-19(23)13(3)26-17-8-6-5-7-16(17)25-4/h5-13H,1-4H3,(H,21,23)/t13-/m0/s1. The largest absolute Gasteiger partial charge is 0.493 e. The van der Waals surface area contributed by atoms with E-state index in [-0.39, 0.29) is 16.8 Å². The number of amides is 1. The number of rotatable bonds is 6. The zero-order valence-electron chi connectivity index (χ0n) is 15.7. The summed E-state index contributed by atoms with van der Waals surface area (Å²) in [5, 5.41) is 2.84. The van der Waals surface area contributed by atoms with Crippen molar-refractivity contribution >= 4 is 33.1 Å². The number of anilines is 1. The van der Waals surface area contributed by atoms with Crippen LogP contribution in [-0.2, 0) is 4.79 Å². The fourth-order valence-electron chi connectivity index (χ4n) is 2.81. The van der Waals surface area contributed by atoms with Gasteiger partial charge in [-0.2, -0.15) is 0 Å². The molecule has 0 spiro atoms. The van der Waals surface area contributed by atoms with Crippen LogP contribution in [0.2, 0.25) is 0 Å². The lowest BCUT2D eigenvalue weighted by Crippen LogP contribution is -2.30. The van der Waals surface area contributed by atoms with E-state index in [2.05, 4.69) is 5.32 Å². The van der Waals surface area contributed by atoms with Gasteiger partial charge in [0.2, 0.25) is 0 Å². The maximum atomic E-state index is 12.5. The number of methoxy groups -OCH3 is 1. The zero-order valence-corrected chi connectivity index (χ0v) is 16.5. The van der Waals surface area contributed by atoms with Crippen LogP contribution in [0.4, 0.5) is 5.69 Å². The van der Waals surface area contributed by atoms with Gasteiger partial charge in [0.15, 0.2) is 17.6 Å². The number of carbonyl (C=O) groups excluding carboxylic acids is 1. The van der Waals surface area contributed by atoms with E-state index < -0.39 is 6.10 Å². The van der Waals surface area contributed by atoms with Gasteiger partial charge in [0.05, 0.1) is 17.3 Å². The third-order valence-electron chi connectivity index (χ3n) is 4.14. The van der Waals surface area contributed by atoms with Gasteiger partial charge in [-0.3, -0.25) is 14.2 Å². The van der Waals surface area contributed by atoms with Crippen LogP contribution in [-0.4, -0.2) is 23.7 Å². The third kappa shape index (κ3) is 3.98. The van der Waals surface area contributed by atoms with Crippen molar-refractivity contribution in [3.8, 4) is 11.5 Å². The predicted octanol–water partition coefficient (Wildman–Crippen LogP) is 4.06. The van der Waals surface area contributed by atoms with E-state index in [4.69, 9.17) is 9.47 Å². The summed E-state index contributed by atoms with van der Waals surface area (Å²) in [6.45, 7) is 5.62. The van der Waals surface area contributed by atoms with Crippen molar-refractivity contribution in [1.29, 1.82) is 0 Å². The first kappa shape index (κ1) is 19.0. The zero-order chi connectivity index (χ0) is 19.6. The molecule has 2 aromatic carbocycles. The van der Waals surface area contributed by atoms with Crippen LogP contribution in [0.15, 0.2) is 47.3 Å². The van der Waals surface area contributed by atoms with Gasteiger partial charge in [0.1, 0.15) is 0 Å². The number of para-hydroxylation sites is 2. The van der Waals surface area contributed by atoms with Gasteiger partial charge in [-0.25, -0.2) is 0 Å². The molecule has 3 aromatic rings. The van der Waals surface area contributed by atoms with Crippen molar-refractivity contribution in [1.82, 2.24) is 4.57 Å². The molecule has 7 heteroatoms. The molecule has 0 unspecified atom stereocenters. The Morgan fingerprint density at radius 1 is 1.11 bits per heavy atom. The number of benzene rings is 2. The van der Waals surface area contributed by atoms with Crippen molar-refractivity contribution in [2.75, 3.05) is 12.4 Å². The highest BCUT2D eigenvalue weighted by molar-refractivity contribution is 7.16. The number of carbonyl (C=O) groups is 1. The van der Waals surface area contributed by atoms with Gasteiger partial charge >= 0.3 is 4.87 Å². The van der Waals surface area contributed by atoms with Crippen molar-refractivity contribution < 1.29 is 14.3 Å². The second kappa shape index (κ2) is 7.84. The van der Waals surface area contributed by atoms with Gasteiger partial charge in [-0.15, -0.1) is 0 Å². The SMILES string of the molecule is COc1ccccc1O[C@@H](C)C(=O)Nc1ccc2c(c1)sc(=O)n2C(C)C. The van der Waals surface area contributed by atoms with Crippen molar-refractivity contribution in [3.63, 3.8) is 0 Å². The summed E-state index contributed by atoms with van der Waals surface area (Å²) in [5.74, 6) is 0.791. The molecule has 0 aliphatic carbocycles. The Hall–Kier alpha value is -2.80. The molecule has 0 radical (unpaired) electrons. The van der Waals surface area contributed by atoms with E-state index >= 15 is 0 Å². The minimum atomic E-state index is -0.712. The Morgan fingerprint density at radius 3 is 2.48 bits per heavy atom. The molecule has 0 aliphatic heterocycles. The number of ether oxygens (including phenoxy) is 2. The van der Waals surface area contributed by atoms with Gasteiger partial charge < -0.3 is 14.8 Å². The maximum absolute atomic E-state index is 12.5. The molecule has 6 nitrogen and oxygen atoms in total. The smallest absolute Gasteiger partial charge is 0.308 e. The third-order valence-corrected chi connectivity index (χ3v) is 5.06. The van der Waals surface area contributed by atoms with Crippen molar-refractivity contribution in [2.45, 2.75) is 32.9 Å². The summed E-state index contributed by atoms with van der Waals surface area (Å²) < 4.78 is 13.5. The highest BCUT2D eigenvalue weighted by Gasteiger charge is 2.18. The molecular weight excluding hydrogens is 364 g/mol. The maximum Gasteiger partial charge on any atom is 0.308 e. The highest BCUT2D eigenvalue weighted by Crippen LogP contribution is 2.27. The Labute approximate surface area is 161 Å². The molecule has 1 heterocycles. The Morgan fingerprint density at radius 2 is 1.81 bits per heavy atom. The monoisotopic (exact) mass is 386 g/mol. The topological polar surface area (TPSA) is 69.6 Å². The van der Waals surface area contributed by atoms with Crippen LogP contribution < -0.4 is 19.7 Å². The number of fused-ring (bicyclic) bond motifs is 1. The molecular formula is C20H22N2O4S. The average molecular weight is 386 g/mol. The molecule has 1 N–H and O–H groups in total. The second-order valence-corrected chi connectivity index (χ2v) is 7.41. The van der Waals surface area contributed by atoms with Crippen LogP contribution >= 0.6 is 11.3 Å². The molecule has 0 bridgehead atoms. The Kier molecular flexibility index (Phi) is 5.51. The summed E-state index contributed by atoms with van der Waals surface area (Å²) in [6.07, 6.45) is -0.712. The first-order valence-corrected chi connectivity index (χ1v) is 9.48. The van der Waals surface area contributed by atoms with Crippen LogP contribution in [0, 0.1) is 0 Å². The summed E-state index contributed by atoms with van der Waals surface area (Å²) in [7, 11) is 1.55. The lowest BCUT2D eigenvalue weighted by molar-refractivity contribution is -0.122. The number of aromatic nitrogens is 1. The van der Waals surface area contributed by atoms with Crippen molar-refractivity contribution in [2.24, 2.45) is 0 Å². The number of nitrogens with zero attached hydrogens (tertiary/aromatic N) is 1. The molecule has 0 aliphatic rings. The molecule has 0 saturated heterocycles. The van der Waals surface area contributed by atoms with E-state index in [1.807, 2.05) is 38.1 Å². The minimum Gasteiger partial charge on any atom is -0.493 e. The van der Waals surface area contributed by atoms with Crippen molar-refractivity contribution in [3.05, 3.63) is 52.1 Å². The second-order valence-electron chi connectivity index (χ2n) is 6.41. The van der Waals surface area contributed by atoms with Crippen LogP contribution in [0.25, 0.3) is 10.2 Å². The highest BCUT2D eigenvalue weighted by atomic mass is 32.1. The quantitative estimate of drug-likeness (QED) is 0.694. The summed E-state index contributed by atoms with van der Waals surface area (Å²) in [5.41, 5.74) is 1.50. The van der Waals surface area contributed by atoms with Crippen LogP contribution in [0.3, 0.4) is 0 Å². The summed E-state index contributed by atoms with van der Waals surface area (Å²) >= 11 is 1.17. The number of thiazole rings is 1. The molecule has 3 rings (SSSR count). The lowest BCUT2D eigenvalue weighted by atomic mass is 10.2. The number of nitrogens with one attached hydrogen (secondary N) is 1. The first-order chi connectivity index (χ1) is 12.9. The van der Waals surface area contributed by atoms with Crippen LogP contribution in [0.5, 0.6) is 11.5 Å². The normalized spacial score (nSPS) is 12.2. The fraction of sp³-hybridized carbons (Fsp3) is 0.300. The van der Waals surface area contributed by atoms with E-state index in [1.54, 1.807) is 36.8 Å². The molecule has 1 amide bonds. The number of hydrogen-bond acceptors (Lipinski definition) is 5. The van der Waals surface area contributed by atoms with Gasteiger partial charge in [0, 0.05) is 11.7 Å². The molecule has 0 fully saturated rings. The van der Waals surface area contributed by atoms with E-state index in [1.165, 1.54) is 11.3 Å². The Bertz CT molecular complexity index is 1020. The van der Waals surface area contributed by atoms with E-state index in [9.17, 15) is 9.59 Å². The molecule has 1 aromatic heterocycles. The molecule has 1 atom stereocenters. The molecule has 0 saturated carbocycles. The fourth-order valence-corrected chi connectivity index (χ4v) is 3.86. The van der Waals surface area contributed by atoms with Crippen LogP contribution in [0.1, 0.15) is 26.8 Å². The summed E-state index contributed by atoms with van der Waals surface area (Å²) in [4.78, 5) is 24.6.